The van der Waals surface area contributed by atoms with Crippen LogP contribution in [0.3, 0.4) is 0 Å². The summed E-state index contributed by atoms with van der Waals surface area (Å²) < 4.78 is 0. The molecule has 0 aromatic carbocycles. The second-order valence-electron chi connectivity index (χ2n) is 2.07. The van der Waals surface area contributed by atoms with Crippen molar-refractivity contribution in [3.05, 3.63) is 0 Å². The number of halogens is 1. The smallest absolute Gasteiger partial charge is 0.216 e. The third-order valence-electron chi connectivity index (χ3n) is 0.980. The van der Waals surface area contributed by atoms with Gasteiger partial charge in [0, 0.05) is 0 Å². The van der Waals surface area contributed by atoms with Crippen molar-refractivity contribution < 1.29 is 4.79 Å². The molecule has 3 heteroatoms. The Balaban J connectivity index is 3.64. The molecule has 1 atom stereocenters. The molecule has 8 heavy (non-hydrogen) atoms. The monoisotopic (exact) mass is 130 g/mol. The molecule has 0 aromatic rings. The van der Waals surface area contributed by atoms with E-state index in [0.29, 0.717) is 0 Å². The van der Waals surface area contributed by atoms with Crippen molar-refractivity contribution in [1.29, 1.82) is 0 Å². The van der Waals surface area contributed by atoms with E-state index < -0.39 is 11.1 Å². The van der Waals surface area contributed by atoms with Crippen molar-refractivity contribution in [3.8, 4) is 0 Å². The van der Waals surface area contributed by atoms with E-state index in [-0.39, 0.29) is 5.92 Å². The van der Waals surface area contributed by atoms with Gasteiger partial charge in [0.2, 0.25) is 5.24 Å². The number of rotatable bonds is 2. The lowest BCUT2D eigenvalue weighted by Gasteiger charge is -2.08. The van der Waals surface area contributed by atoms with Gasteiger partial charge in [-0.05, 0) is 23.3 Å². The fourth-order valence-electron chi connectivity index (χ4n) is 0.262. The van der Waals surface area contributed by atoms with Crippen LogP contribution in [0.4, 0.5) is 0 Å². The maximum Gasteiger partial charge on any atom is 0.216 e. The SMILES string of the molecule is [B][C@H](C(=O)Cl)C(C)C. The first-order valence-corrected chi connectivity index (χ1v) is 2.88. The summed E-state index contributed by atoms with van der Waals surface area (Å²) in [5.41, 5.74) is 0. The Hall–Kier alpha value is 0.0249. The summed E-state index contributed by atoms with van der Waals surface area (Å²) in [6.07, 6.45) is 0. The molecule has 0 amide bonds. The van der Waals surface area contributed by atoms with Gasteiger partial charge in [0.25, 0.3) is 0 Å². The lowest BCUT2D eigenvalue weighted by atomic mass is 9.79. The number of hydrogen-bond acceptors (Lipinski definition) is 1. The van der Waals surface area contributed by atoms with E-state index in [1.165, 1.54) is 0 Å². The van der Waals surface area contributed by atoms with Crippen molar-refractivity contribution in [2.75, 3.05) is 0 Å². The molecule has 0 N–H and O–H groups in total. The van der Waals surface area contributed by atoms with E-state index in [1.807, 2.05) is 13.8 Å². The third-order valence-corrected chi connectivity index (χ3v) is 1.23. The number of carbonyl (C=O) groups is 1. The summed E-state index contributed by atoms with van der Waals surface area (Å²) in [6.45, 7) is 3.70. The Morgan fingerprint density at radius 2 is 2.00 bits per heavy atom. The van der Waals surface area contributed by atoms with Gasteiger partial charge >= 0.3 is 0 Å². The predicted molar refractivity (Wildman–Crippen MR) is 35.2 cm³/mol. The van der Waals surface area contributed by atoms with Crippen LogP contribution in [0.5, 0.6) is 0 Å². The summed E-state index contributed by atoms with van der Waals surface area (Å²) >= 11 is 5.06. The molecule has 44 valence electrons. The summed E-state index contributed by atoms with van der Waals surface area (Å²) in [7, 11) is 5.28. The highest BCUT2D eigenvalue weighted by atomic mass is 35.5. The Morgan fingerprint density at radius 1 is 1.62 bits per heavy atom. The standard InChI is InChI=1S/C5H8BClO/c1-3(2)4(6)5(7)8/h3-4H,1-2H3/t4-/m0/s1. The highest BCUT2D eigenvalue weighted by Gasteiger charge is 2.12. The fourth-order valence-corrected chi connectivity index (χ4v) is 0.514. The van der Waals surface area contributed by atoms with Crippen LogP contribution in [-0.4, -0.2) is 13.1 Å². The van der Waals surface area contributed by atoms with Crippen LogP contribution in [0, 0.1) is 5.92 Å². The minimum Gasteiger partial charge on any atom is -0.282 e. The Labute approximate surface area is 55.8 Å². The van der Waals surface area contributed by atoms with Crippen molar-refractivity contribution in [2.24, 2.45) is 5.92 Å². The Bertz CT molecular complexity index is 92.4. The van der Waals surface area contributed by atoms with Gasteiger partial charge < -0.3 is 0 Å². The minimum atomic E-state index is -0.503. The highest BCUT2D eigenvalue weighted by Crippen LogP contribution is 2.15. The van der Waals surface area contributed by atoms with Crippen LogP contribution < -0.4 is 0 Å². The van der Waals surface area contributed by atoms with Crippen LogP contribution >= 0.6 is 11.6 Å². The molecule has 0 rings (SSSR count). The molecule has 0 aliphatic heterocycles. The maximum atomic E-state index is 10.2. The number of carbonyl (C=O) groups excluding carboxylic acids is 1. The average molecular weight is 130 g/mol. The molecule has 0 bridgehead atoms. The van der Waals surface area contributed by atoms with Crippen LogP contribution in [0.25, 0.3) is 0 Å². The first-order chi connectivity index (χ1) is 3.55. The van der Waals surface area contributed by atoms with E-state index in [2.05, 4.69) is 0 Å². The van der Waals surface area contributed by atoms with E-state index in [4.69, 9.17) is 19.4 Å². The van der Waals surface area contributed by atoms with Crippen LogP contribution in [0.2, 0.25) is 5.82 Å². The molecule has 2 radical (unpaired) electrons. The van der Waals surface area contributed by atoms with Gasteiger partial charge in [0.15, 0.2) is 0 Å². The summed E-state index contributed by atoms with van der Waals surface area (Å²) in [5.74, 6) is -0.364. The molecular formula is C5H8BClO. The molecule has 0 aliphatic rings. The Kier molecular flexibility index (Phi) is 3.14. The predicted octanol–water partition coefficient (Wildman–Crippen LogP) is 1.36. The van der Waals surface area contributed by atoms with Crippen molar-refractivity contribution in [1.82, 2.24) is 0 Å². The van der Waals surface area contributed by atoms with Gasteiger partial charge in [-0.1, -0.05) is 13.8 Å². The molecule has 0 spiro atoms. The molecule has 0 unspecified atom stereocenters. The molecule has 0 aliphatic carbocycles. The second kappa shape index (κ2) is 3.13. The van der Waals surface area contributed by atoms with Crippen LogP contribution in [-0.2, 0) is 4.79 Å². The van der Waals surface area contributed by atoms with Crippen molar-refractivity contribution >= 4 is 24.7 Å². The average Bonchev–Trinajstić information content (AvgIpc) is 1.64. The molecule has 0 saturated carbocycles. The summed E-state index contributed by atoms with van der Waals surface area (Å²) in [6, 6.07) is 0. The van der Waals surface area contributed by atoms with E-state index in [1.54, 1.807) is 0 Å². The topological polar surface area (TPSA) is 17.1 Å². The van der Waals surface area contributed by atoms with Crippen LogP contribution in [0.1, 0.15) is 13.8 Å². The summed E-state index contributed by atoms with van der Waals surface area (Å²) in [5, 5.41) is -0.458. The van der Waals surface area contributed by atoms with E-state index in [9.17, 15) is 4.79 Å². The lowest BCUT2D eigenvalue weighted by Crippen LogP contribution is -2.07. The van der Waals surface area contributed by atoms with Gasteiger partial charge in [-0.2, -0.15) is 0 Å². The van der Waals surface area contributed by atoms with Gasteiger partial charge in [-0.25, -0.2) is 0 Å². The maximum absolute atomic E-state index is 10.2. The van der Waals surface area contributed by atoms with Crippen molar-refractivity contribution in [2.45, 2.75) is 19.7 Å². The normalized spacial score (nSPS) is 14.0. The van der Waals surface area contributed by atoms with Crippen LogP contribution in [0.15, 0.2) is 0 Å². The molecule has 0 heterocycles. The van der Waals surface area contributed by atoms with Gasteiger partial charge in [-0.3, -0.25) is 4.79 Å². The zero-order chi connectivity index (χ0) is 6.73. The second-order valence-corrected chi connectivity index (χ2v) is 2.45. The molecule has 0 saturated heterocycles. The molecular weight excluding hydrogens is 122 g/mol. The van der Waals surface area contributed by atoms with E-state index >= 15 is 0 Å². The molecule has 0 fully saturated rings. The van der Waals surface area contributed by atoms with Gasteiger partial charge in [0.1, 0.15) is 0 Å². The first kappa shape index (κ1) is 8.02. The number of hydrogen-bond donors (Lipinski definition) is 0. The van der Waals surface area contributed by atoms with Crippen molar-refractivity contribution in [3.63, 3.8) is 0 Å². The summed E-state index contributed by atoms with van der Waals surface area (Å²) in [4.78, 5) is 10.2. The first-order valence-electron chi connectivity index (χ1n) is 2.50. The van der Waals surface area contributed by atoms with Gasteiger partial charge in [-0.15, -0.1) is 0 Å². The highest BCUT2D eigenvalue weighted by molar-refractivity contribution is 6.68. The quantitative estimate of drug-likeness (QED) is 0.407. The zero-order valence-corrected chi connectivity index (χ0v) is 5.77. The molecule has 1 nitrogen and oxygen atoms in total. The minimum absolute atomic E-state index is 0.139. The molecule has 0 aromatic heterocycles. The lowest BCUT2D eigenvalue weighted by molar-refractivity contribution is -0.112. The zero-order valence-electron chi connectivity index (χ0n) is 5.02. The van der Waals surface area contributed by atoms with E-state index in [0.717, 1.165) is 0 Å². The Morgan fingerprint density at radius 3 is 2.00 bits per heavy atom. The fraction of sp³-hybridized carbons (Fsp3) is 0.800. The third kappa shape index (κ3) is 2.36. The van der Waals surface area contributed by atoms with Gasteiger partial charge in [0.05, 0.1) is 7.85 Å². The largest absolute Gasteiger partial charge is 0.282 e.